The van der Waals surface area contributed by atoms with E-state index >= 15 is 0 Å². The van der Waals surface area contributed by atoms with E-state index in [9.17, 15) is 10.5 Å². The van der Waals surface area contributed by atoms with E-state index in [1.54, 1.807) is 0 Å². The van der Waals surface area contributed by atoms with Crippen molar-refractivity contribution in [2.45, 2.75) is 52.4 Å². The SMILES string of the molecule is CC(C)(C)c1ccc(N(c2ccc(C#N)cc2)c2ccc(/C=C/c3ccc(N(c4ccc(C#N)cc4)c4ccc(C(C)(C)C)cc4)cc3)cc2)cc1. The molecule has 6 aromatic carbocycles. The first-order valence-corrected chi connectivity index (χ1v) is 17.6. The molecular formula is C48H44N4. The topological polar surface area (TPSA) is 54.1 Å². The van der Waals surface area contributed by atoms with Gasteiger partial charge >= 0.3 is 0 Å². The monoisotopic (exact) mass is 676 g/mol. The molecule has 0 aliphatic rings. The van der Waals surface area contributed by atoms with Crippen LogP contribution in [-0.4, -0.2) is 0 Å². The fourth-order valence-corrected chi connectivity index (χ4v) is 6.15. The first kappa shape index (κ1) is 35.5. The van der Waals surface area contributed by atoms with Crippen molar-refractivity contribution in [3.63, 3.8) is 0 Å². The Bertz CT molecular complexity index is 2050. The van der Waals surface area contributed by atoms with Gasteiger partial charge in [-0.3, -0.25) is 0 Å². The molecule has 0 fully saturated rings. The van der Waals surface area contributed by atoms with Gasteiger partial charge < -0.3 is 9.80 Å². The summed E-state index contributed by atoms with van der Waals surface area (Å²) in [5.74, 6) is 0. The standard InChI is InChI=1S/C48H44N4/c1-47(2,3)39-17-29-45(30-18-39)51(43-25-13-37(33-49)14-26-43)41-21-9-35(10-22-41)7-8-36-11-23-42(24-12-36)52(44-27-15-38(34-50)16-28-44)46-31-19-40(20-32-46)48(4,5)6/h7-32H,1-6H3/b8-7+. The molecule has 0 spiro atoms. The lowest BCUT2D eigenvalue weighted by molar-refractivity contribution is 0.590. The third kappa shape index (κ3) is 8.15. The van der Waals surface area contributed by atoms with Gasteiger partial charge in [0.25, 0.3) is 0 Å². The molecule has 0 heterocycles. The van der Waals surface area contributed by atoms with E-state index < -0.39 is 0 Å². The summed E-state index contributed by atoms with van der Waals surface area (Å²) in [6.45, 7) is 13.3. The minimum atomic E-state index is 0.0643. The van der Waals surface area contributed by atoms with Crippen LogP contribution in [0.4, 0.5) is 34.1 Å². The number of rotatable bonds is 8. The minimum Gasteiger partial charge on any atom is -0.311 e. The maximum absolute atomic E-state index is 9.37. The van der Waals surface area contributed by atoms with Crippen molar-refractivity contribution in [3.8, 4) is 12.1 Å². The lowest BCUT2D eigenvalue weighted by atomic mass is 9.87. The molecule has 4 heteroatoms. The summed E-state index contributed by atoms with van der Waals surface area (Å²) in [7, 11) is 0. The van der Waals surface area contributed by atoms with Crippen LogP contribution in [0.3, 0.4) is 0 Å². The average molecular weight is 677 g/mol. The highest BCUT2D eigenvalue weighted by Gasteiger charge is 2.18. The Kier molecular flexibility index (Phi) is 10.1. The van der Waals surface area contributed by atoms with Crippen LogP contribution in [0.25, 0.3) is 12.2 Å². The van der Waals surface area contributed by atoms with E-state index in [0.29, 0.717) is 11.1 Å². The van der Waals surface area contributed by atoms with Crippen molar-refractivity contribution >= 4 is 46.3 Å². The van der Waals surface area contributed by atoms with Crippen molar-refractivity contribution in [2.24, 2.45) is 0 Å². The first-order valence-electron chi connectivity index (χ1n) is 17.6. The molecular weight excluding hydrogens is 633 g/mol. The van der Waals surface area contributed by atoms with Gasteiger partial charge in [-0.05, 0) is 130 Å². The van der Waals surface area contributed by atoms with Gasteiger partial charge in [-0.15, -0.1) is 0 Å². The van der Waals surface area contributed by atoms with Crippen LogP contribution >= 0.6 is 0 Å². The summed E-state index contributed by atoms with van der Waals surface area (Å²) in [5.41, 5.74) is 12.3. The lowest BCUT2D eigenvalue weighted by Crippen LogP contribution is -2.13. The van der Waals surface area contributed by atoms with Crippen LogP contribution in [0, 0.1) is 22.7 Å². The fourth-order valence-electron chi connectivity index (χ4n) is 6.15. The van der Waals surface area contributed by atoms with Crippen LogP contribution in [0.5, 0.6) is 0 Å². The third-order valence-electron chi connectivity index (χ3n) is 9.26. The first-order chi connectivity index (χ1) is 24.9. The zero-order valence-electron chi connectivity index (χ0n) is 30.8. The van der Waals surface area contributed by atoms with E-state index in [1.165, 1.54) is 11.1 Å². The van der Waals surface area contributed by atoms with Crippen LogP contribution in [0.2, 0.25) is 0 Å². The highest BCUT2D eigenvalue weighted by atomic mass is 15.1. The van der Waals surface area contributed by atoms with Gasteiger partial charge in [-0.25, -0.2) is 0 Å². The number of nitrogens with zero attached hydrogens (tertiary/aromatic N) is 4. The largest absolute Gasteiger partial charge is 0.311 e. The van der Waals surface area contributed by atoms with E-state index in [0.717, 1.165) is 45.3 Å². The molecule has 256 valence electrons. The highest BCUT2D eigenvalue weighted by Crippen LogP contribution is 2.38. The molecule has 6 aromatic rings. The molecule has 0 saturated heterocycles. The van der Waals surface area contributed by atoms with Crippen LogP contribution in [0.15, 0.2) is 146 Å². The molecule has 0 radical (unpaired) electrons. The molecule has 0 aliphatic heterocycles. The third-order valence-corrected chi connectivity index (χ3v) is 9.26. The van der Waals surface area contributed by atoms with Gasteiger partial charge in [0.1, 0.15) is 0 Å². The molecule has 0 atom stereocenters. The zero-order valence-corrected chi connectivity index (χ0v) is 30.8. The molecule has 52 heavy (non-hydrogen) atoms. The number of hydrogen-bond acceptors (Lipinski definition) is 4. The van der Waals surface area contributed by atoms with Gasteiger partial charge in [-0.2, -0.15) is 10.5 Å². The highest BCUT2D eigenvalue weighted by molar-refractivity contribution is 5.80. The quantitative estimate of drug-likeness (QED) is 0.151. The summed E-state index contributed by atoms with van der Waals surface area (Å²) in [4.78, 5) is 4.44. The van der Waals surface area contributed by atoms with Gasteiger partial charge in [0.05, 0.1) is 23.3 Å². The Morgan fingerprint density at radius 2 is 0.596 bits per heavy atom. The predicted octanol–water partition coefficient (Wildman–Crippen LogP) is 13.1. The van der Waals surface area contributed by atoms with E-state index in [1.807, 2.05) is 48.5 Å². The zero-order chi connectivity index (χ0) is 36.9. The molecule has 6 rings (SSSR count). The number of hydrogen-bond donors (Lipinski definition) is 0. The molecule has 0 bridgehead atoms. The van der Waals surface area contributed by atoms with Gasteiger partial charge in [0, 0.05) is 34.1 Å². The molecule has 0 saturated carbocycles. The molecule has 4 nitrogen and oxygen atoms in total. The van der Waals surface area contributed by atoms with Gasteiger partial charge in [0.2, 0.25) is 0 Å². The minimum absolute atomic E-state index is 0.0643. The lowest BCUT2D eigenvalue weighted by Gasteiger charge is -2.27. The Labute approximate surface area is 309 Å². The van der Waals surface area contributed by atoms with Crippen molar-refractivity contribution in [1.82, 2.24) is 0 Å². The summed E-state index contributed by atoms with van der Waals surface area (Å²) in [6.07, 6.45) is 4.26. The summed E-state index contributed by atoms with van der Waals surface area (Å²) >= 11 is 0. The molecule has 0 unspecified atom stereocenters. The second-order valence-corrected chi connectivity index (χ2v) is 15.1. The molecule has 0 amide bonds. The van der Waals surface area contributed by atoms with E-state index in [-0.39, 0.29) is 10.8 Å². The predicted molar refractivity (Wildman–Crippen MR) is 218 cm³/mol. The number of nitriles is 2. The Balaban J connectivity index is 1.25. The molecule has 0 aromatic heterocycles. The van der Waals surface area contributed by atoms with Crippen molar-refractivity contribution in [1.29, 1.82) is 10.5 Å². The van der Waals surface area contributed by atoms with Crippen LogP contribution in [0.1, 0.15) is 74.9 Å². The van der Waals surface area contributed by atoms with E-state index in [4.69, 9.17) is 0 Å². The summed E-state index contributed by atoms with van der Waals surface area (Å²) in [5, 5.41) is 18.7. The smallest absolute Gasteiger partial charge is 0.0991 e. The van der Waals surface area contributed by atoms with Gasteiger partial charge in [-0.1, -0.05) is 102 Å². The average Bonchev–Trinajstić information content (AvgIpc) is 3.15. The molecule has 0 N–H and O–H groups in total. The van der Waals surface area contributed by atoms with Gasteiger partial charge in [0.15, 0.2) is 0 Å². The fraction of sp³-hybridized carbons (Fsp3) is 0.167. The normalized spacial score (nSPS) is 11.5. The number of anilines is 6. The van der Waals surface area contributed by atoms with Crippen molar-refractivity contribution in [3.05, 3.63) is 179 Å². The summed E-state index contributed by atoms with van der Waals surface area (Å²) in [6, 6.07) is 54.4. The maximum Gasteiger partial charge on any atom is 0.0991 e. The van der Waals surface area contributed by atoms with Crippen molar-refractivity contribution < 1.29 is 0 Å². The van der Waals surface area contributed by atoms with Crippen molar-refractivity contribution in [2.75, 3.05) is 9.80 Å². The van der Waals surface area contributed by atoms with Crippen LogP contribution < -0.4 is 9.80 Å². The maximum atomic E-state index is 9.37. The second-order valence-electron chi connectivity index (χ2n) is 15.1. The van der Waals surface area contributed by atoms with E-state index in [2.05, 4.69) is 173 Å². The molecule has 0 aliphatic carbocycles. The second kappa shape index (κ2) is 14.9. The Morgan fingerprint density at radius 1 is 0.365 bits per heavy atom. The Morgan fingerprint density at radius 3 is 0.827 bits per heavy atom. The Hall–Kier alpha value is -6.36. The number of benzene rings is 6. The van der Waals surface area contributed by atoms with Crippen LogP contribution in [-0.2, 0) is 10.8 Å². The summed E-state index contributed by atoms with van der Waals surface area (Å²) < 4.78 is 0.